The van der Waals surface area contributed by atoms with E-state index in [4.69, 9.17) is 9.84 Å². The summed E-state index contributed by atoms with van der Waals surface area (Å²) in [6.07, 6.45) is -0.549. The van der Waals surface area contributed by atoms with Gasteiger partial charge in [-0.15, -0.1) is 0 Å². The van der Waals surface area contributed by atoms with Gasteiger partial charge < -0.3 is 15.2 Å². The molecule has 1 amide bonds. The number of carbonyl (C=O) groups is 1. The monoisotopic (exact) mass is 301 g/mol. The minimum absolute atomic E-state index is 0.213. The molecule has 0 aliphatic carbocycles. The van der Waals surface area contributed by atoms with Gasteiger partial charge in [-0.1, -0.05) is 22.0 Å². The number of hydrogen-bond donors (Lipinski definition) is 2. The number of halogens is 1. The molecule has 0 aromatic heterocycles. The van der Waals surface area contributed by atoms with Gasteiger partial charge in [0, 0.05) is 17.4 Å². The van der Waals surface area contributed by atoms with Crippen molar-refractivity contribution in [2.75, 3.05) is 18.5 Å². The van der Waals surface area contributed by atoms with Crippen molar-refractivity contribution in [3.63, 3.8) is 0 Å². The molecular formula is C12H16BrNO3. The molecule has 1 rings (SSSR count). The van der Waals surface area contributed by atoms with Crippen LogP contribution in [-0.2, 0) is 0 Å². The Labute approximate surface area is 109 Å². The van der Waals surface area contributed by atoms with Gasteiger partial charge in [-0.05, 0) is 25.1 Å². The highest BCUT2D eigenvalue weighted by molar-refractivity contribution is 9.09. The number of aliphatic hydroxyl groups excluding tert-OH is 1. The van der Waals surface area contributed by atoms with Gasteiger partial charge in [-0.2, -0.15) is 0 Å². The SMILES string of the molecule is CC(O)CNC(=O)c1cccc(OCCBr)c1. The normalized spacial score (nSPS) is 11.9. The Hall–Kier alpha value is -1.07. The first-order chi connectivity index (χ1) is 8.13. The molecule has 0 aliphatic rings. The molecule has 0 saturated heterocycles. The molecule has 1 aromatic carbocycles. The van der Waals surface area contributed by atoms with E-state index in [-0.39, 0.29) is 12.5 Å². The van der Waals surface area contributed by atoms with Crippen molar-refractivity contribution in [2.45, 2.75) is 13.0 Å². The van der Waals surface area contributed by atoms with E-state index < -0.39 is 6.10 Å². The lowest BCUT2D eigenvalue weighted by molar-refractivity contribution is 0.0923. The van der Waals surface area contributed by atoms with E-state index >= 15 is 0 Å². The smallest absolute Gasteiger partial charge is 0.251 e. The maximum absolute atomic E-state index is 11.7. The van der Waals surface area contributed by atoms with Crippen LogP contribution in [0.3, 0.4) is 0 Å². The maximum atomic E-state index is 11.7. The molecule has 94 valence electrons. The van der Waals surface area contributed by atoms with E-state index in [0.29, 0.717) is 17.9 Å². The number of aliphatic hydroxyl groups is 1. The molecule has 1 unspecified atom stereocenters. The molecule has 0 saturated carbocycles. The molecule has 5 heteroatoms. The van der Waals surface area contributed by atoms with Crippen LogP contribution < -0.4 is 10.1 Å². The van der Waals surface area contributed by atoms with Crippen LogP contribution >= 0.6 is 15.9 Å². The van der Waals surface area contributed by atoms with Crippen molar-refractivity contribution in [3.8, 4) is 5.75 Å². The summed E-state index contributed by atoms with van der Waals surface area (Å²) in [5.41, 5.74) is 0.526. The van der Waals surface area contributed by atoms with E-state index in [1.807, 2.05) is 0 Å². The topological polar surface area (TPSA) is 58.6 Å². The van der Waals surface area contributed by atoms with E-state index in [1.54, 1.807) is 31.2 Å². The predicted octanol–water partition coefficient (Wildman–Crippen LogP) is 1.57. The van der Waals surface area contributed by atoms with E-state index in [2.05, 4.69) is 21.2 Å². The van der Waals surface area contributed by atoms with Crippen molar-refractivity contribution >= 4 is 21.8 Å². The lowest BCUT2D eigenvalue weighted by Gasteiger charge is -2.09. The number of benzene rings is 1. The standard InChI is InChI=1S/C12H16BrNO3/c1-9(15)8-14-12(16)10-3-2-4-11(7-10)17-6-5-13/h2-4,7,9,15H,5-6,8H2,1H3,(H,14,16). The lowest BCUT2D eigenvalue weighted by atomic mass is 10.2. The molecule has 0 spiro atoms. The summed E-state index contributed by atoms with van der Waals surface area (Å²) in [5, 5.41) is 12.4. The molecule has 0 aliphatic heterocycles. The molecule has 0 heterocycles. The first kappa shape index (κ1) is 14.0. The van der Waals surface area contributed by atoms with Gasteiger partial charge in [0.1, 0.15) is 5.75 Å². The highest BCUT2D eigenvalue weighted by Crippen LogP contribution is 2.13. The summed E-state index contributed by atoms with van der Waals surface area (Å²) >= 11 is 3.26. The fourth-order valence-corrected chi connectivity index (χ4v) is 1.39. The quantitative estimate of drug-likeness (QED) is 0.784. The van der Waals surface area contributed by atoms with E-state index in [9.17, 15) is 4.79 Å². The Morgan fingerprint density at radius 1 is 1.59 bits per heavy atom. The molecule has 1 atom stereocenters. The van der Waals surface area contributed by atoms with Gasteiger partial charge in [-0.25, -0.2) is 0 Å². The Balaban J connectivity index is 2.60. The van der Waals surface area contributed by atoms with Crippen LogP contribution in [0.4, 0.5) is 0 Å². The zero-order chi connectivity index (χ0) is 12.7. The van der Waals surface area contributed by atoms with Gasteiger partial charge in [0.2, 0.25) is 0 Å². The van der Waals surface area contributed by atoms with Gasteiger partial charge in [-0.3, -0.25) is 4.79 Å². The number of alkyl halides is 1. The van der Waals surface area contributed by atoms with Crippen molar-refractivity contribution in [1.82, 2.24) is 5.32 Å². The minimum Gasteiger partial charge on any atom is -0.493 e. The summed E-state index contributed by atoms with van der Waals surface area (Å²) in [6.45, 7) is 2.42. The molecule has 0 fully saturated rings. The van der Waals surface area contributed by atoms with Crippen LogP contribution in [0.25, 0.3) is 0 Å². The van der Waals surface area contributed by atoms with Crippen molar-refractivity contribution < 1.29 is 14.6 Å². The second-order valence-corrected chi connectivity index (χ2v) is 4.42. The van der Waals surface area contributed by atoms with Gasteiger partial charge in [0.15, 0.2) is 0 Å². The zero-order valence-corrected chi connectivity index (χ0v) is 11.2. The fraction of sp³-hybridized carbons (Fsp3) is 0.417. The number of rotatable bonds is 6. The second-order valence-electron chi connectivity index (χ2n) is 3.62. The third kappa shape index (κ3) is 5.19. The molecule has 1 aromatic rings. The summed E-state index contributed by atoms with van der Waals surface area (Å²) in [7, 11) is 0. The van der Waals surface area contributed by atoms with Crippen LogP contribution in [0.1, 0.15) is 17.3 Å². The molecule has 17 heavy (non-hydrogen) atoms. The molecular weight excluding hydrogens is 286 g/mol. The predicted molar refractivity (Wildman–Crippen MR) is 69.7 cm³/mol. The third-order valence-electron chi connectivity index (χ3n) is 2.00. The van der Waals surface area contributed by atoms with Crippen LogP contribution in [-0.4, -0.2) is 35.6 Å². The zero-order valence-electron chi connectivity index (χ0n) is 9.65. The summed E-state index contributed by atoms with van der Waals surface area (Å²) in [6, 6.07) is 6.95. The highest BCUT2D eigenvalue weighted by Gasteiger charge is 2.07. The maximum Gasteiger partial charge on any atom is 0.251 e. The van der Waals surface area contributed by atoms with Crippen LogP contribution in [0.15, 0.2) is 24.3 Å². The number of carbonyl (C=O) groups excluding carboxylic acids is 1. The number of ether oxygens (including phenoxy) is 1. The Kier molecular flexibility index (Phi) is 6.00. The average Bonchev–Trinajstić information content (AvgIpc) is 2.33. The summed E-state index contributed by atoms with van der Waals surface area (Å²) in [4.78, 5) is 11.7. The molecule has 0 bridgehead atoms. The Morgan fingerprint density at radius 3 is 3.00 bits per heavy atom. The molecule has 2 N–H and O–H groups in total. The van der Waals surface area contributed by atoms with Crippen molar-refractivity contribution in [1.29, 1.82) is 0 Å². The first-order valence-corrected chi connectivity index (χ1v) is 6.50. The summed E-state index contributed by atoms with van der Waals surface area (Å²) in [5.74, 6) is 0.448. The van der Waals surface area contributed by atoms with Crippen molar-refractivity contribution in [3.05, 3.63) is 29.8 Å². The Morgan fingerprint density at radius 2 is 2.35 bits per heavy atom. The van der Waals surface area contributed by atoms with E-state index in [0.717, 1.165) is 5.33 Å². The second kappa shape index (κ2) is 7.29. The number of amides is 1. The van der Waals surface area contributed by atoms with E-state index in [1.165, 1.54) is 0 Å². The minimum atomic E-state index is -0.549. The van der Waals surface area contributed by atoms with Crippen LogP contribution in [0, 0.1) is 0 Å². The Bertz CT molecular complexity index is 369. The van der Waals surface area contributed by atoms with Crippen LogP contribution in [0.5, 0.6) is 5.75 Å². The highest BCUT2D eigenvalue weighted by atomic mass is 79.9. The lowest BCUT2D eigenvalue weighted by Crippen LogP contribution is -2.30. The number of nitrogens with one attached hydrogen (secondary N) is 1. The van der Waals surface area contributed by atoms with Gasteiger partial charge in [0.25, 0.3) is 5.91 Å². The van der Waals surface area contributed by atoms with Gasteiger partial charge >= 0.3 is 0 Å². The first-order valence-electron chi connectivity index (χ1n) is 5.38. The molecule has 4 nitrogen and oxygen atoms in total. The average molecular weight is 302 g/mol. The van der Waals surface area contributed by atoms with Crippen LogP contribution in [0.2, 0.25) is 0 Å². The molecule has 0 radical (unpaired) electrons. The largest absolute Gasteiger partial charge is 0.493 e. The third-order valence-corrected chi connectivity index (χ3v) is 2.32. The number of hydrogen-bond acceptors (Lipinski definition) is 3. The summed E-state index contributed by atoms with van der Waals surface area (Å²) < 4.78 is 5.40. The van der Waals surface area contributed by atoms with Crippen molar-refractivity contribution in [2.24, 2.45) is 0 Å². The van der Waals surface area contributed by atoms with Gasteiger partial charge in [0.05, 0.1) is 12.7 Å². The fourth-order valence-electron chi connectivity index (χ4n) is 1.23.